The van der Waals surface area contributed by atoms with E-state index in [4.69, 9.17) is 4.74 Å². The third-order valence-corrected chi connectivity index (χ3v) is 5.43. The highest BCUT2D eigenvalue weighted by molar-refractivity contribution is 5.79. The van der Waals surface area contributed by atoms with Gasteiger partial charge in [0.05, 0.1) is 5.60 Å². The van der Waals surface area contributed by atoms with Crippen molar-refractivity contribution < 1.29 is 14.6 Å². The lowest BCUT2D eigenvalue weighted by molar-refractivity contribution is -0.00607. The third-order valence-electron chi connectivity index (χ3n) is 5.43. The van der Waals surface area contributed by atoms with E-state index in [9.17, 15) is 9.90 Å². The average Bonchev–Trinajstić information content (AvgIpc) is 2.94. The van der Waals surface area contributed by atoms with E-state index in [1.54, 1.807) is 4.90 Å². The number of carbonyl (C=O) groups is 1. The second-order valence-corrected chi connectivity index (χ2v) is 7.29. The molecule has 1 amide bonds. The van der Waals surface area contributed by atoms with Crippen molar-refractivity contribution in [3.05, 3.63) is 59.7 Å². The van der Waals surface area contributed by atoms with Gasteiger partial charge in [-0.15, -0.1) is 0 Å². The third kappa shape index (κ3) is 3.02. The van der Waals surface area contributed by atoms with Crippen LogP contribution in [0, 0.1) is 0 Å². The quantitative estimate of drug-likeness (QED) is 0.907. The molecule has 0 bridgehead atoms. The number of fused-ring (bicyclic) bond motifs is 3. The molecule has 0 saturated carbocycles. The summed E-state index contributed by atoms with van der Waals surface area (Å²) < 4.78 is 5.65. The standard InChI is InChI=1S/C21H23NO3/c1-21(24)10-12-22(13-11-21)20(23)25-14-19-17-8-4-2-6-15(17)16-7-3-5-9-18(16)19/h2-9,19,24H,10-14H2,1H3. The number of aliphatic hydroxyl groups is 1. The fraction of sp³-hybridized carbons (Fsp3) is 0.381. The molecule has 4 rings (SSSR count). The van der Waals surface area contributed by atoms with Crippen LogP contribution in [0.15, 0.2) is 48.5 Å². The van der Waals surface area contributed by atoms with Crippen LogP contribution in [-0.2, 0) is 4.74 Å². The van der Waals surface area contributed by atoms with Crippen molar-refractivity contribution in [3.63, 3.8) is 0 Å². The fourth-order valence-electron chi connectivity index (χ4n) is 3.86. The zero-order valence-electron chi connectivity index (χ0n) is 14.4. The Kier molecular flexibility index (Phi) is 4.00. The molecule has 1 aliphatic carbocycles. The number of ether oxygens (including phenoxy) is 1. The molecule has 2 aromatic carbocycles. The summed E-state index contributed by atoms with van der Waals surface area (Å²) in [6.07, 6.45) is 0.909. The molecule has 130 valence electrons. The van der Waals surface area contributed by atoms with E-state index in [0.29, 0.717) is 32.5 Å². The molecule has 0 spiro atoms. The summed E-state index contributed by atoms with van der Waals surface area (Å²) in [5, 5.41) is 10.0. The van der Waals surface area contributed by atoms with E-state index >= 15 is 0 Å². The molecule has 0 atom stereocenters. The van der Waals surface area contributed by atoms with Crippen molar-refractivity contribution in [2.75, 3.05) is 19.7 Å². The highest BCUT2D eigenvalue weighted by atomic mass is 16.6. The Labute approximate surface area is 148 Å². The Bertz CT molecular complexity index is 744. The van der Waals surface area contributed by atoms with E-state index in [1.807, 2.05) is 31.2 Å². The van der Waals surface area contributed by atoms with Crippen molar-refractivity contribution >= 4 is 6.09 Å². The summed E-state index contributed by atoms with van der Waals surface area (Å²) in [5.74, 6) is 0.0873. The van der Waals surface area contributed by atoms with Gasteiger partial charge in [-0.25, -0.2) is 4.79 Å². The first-order valence-corrected chi connectivity index (χ1v) is 8.87. The van der Waals surface area contributed by atoms with E-state index < -0.39 is 5.60 Å². The van der Waals surface area contributed by atoms with Gasteiger partial charge in [-0.05, 0) is 42.0 Å². The first-order valence-electron chi connectivity index (χ1n) is 8.87. The van der Waals surface area contributed by atoms with Crippen molar-refractivity contribution in [2.24, 2.45) is 0 Å². The van der Waals surface area contributed by atoms with Gasteiger partial charge >= 0.3 is 6.09 Å². The number of hydrogen-bond acceptors (Lipinski definition) is 3. The molecular formula is C21H23NO3. The predicted octanol–water partition coefficient (Wildman–Crippen LogP) is 3.78. The van der Waals surface area contributed by atoms with Crippen LogP contribution in [0.2, 0.25) is 0 Å². The van der Waals surface area contributed by atoms with Crippen LogP contribution in [0.4, 0.5) is 4.79 Å². The van der Waals surface area contributed by atoms with Crippen LogP contribution in [-0.4, -0.2) is 41.4 Å². The highest BCUT2D eigenvalue weighted by Crippen LogP contribution is 2.44. The molecule has 1 N–H and O–H groups in total. The Balaban J connectivity index is 1.47. The first kappa shape index (κ1) is 16.2. The summed E-state index contributed by atoms with van der Waals surface area (Å²) in [5.41, 5.74) is 4.23. The van der Waals surface area contributed by atoms with Crippen LogP contribution in [0.3, 0.4) is 0 Å². The average molecular weight is 337 g/mol. The molecule has 0 aromatic heterocycles. The van der Waals surface area contributed by atoms with Gasteiger partial charge in [0.15, 0.2) is 0 Å². The number of amides is 1. The minimum atomic E-state index is -0.667. The van der Waals surface area contributed by atoms with E-state index in [1.165, 1.54) is 22.3 Å². The van der Waals surface area contributed by atoms with Gasteiger partial charge in [0.2, 0.25) is 0 Å². The molecule has 1 aliphatic heterocycles. The number of rotatable bonds is 2. The highest BCUT2D eigenvalue weighted by Gasteiger charge is 2.32. The summed E-state index contributed by atoms with van der Waals surface area (Å²) >= 11 is 0. The van der Waals surface area contributed by atoms with Gasteiger partial charge in [-0.1, -0.05) is 48.5 Å². The molecule has 2 aliphatic rings. The topological polar surface area (TPSA) is 49.8 Å². The largest absolute Gasteiger partial charge is 0.448 e. The second-order valence-electron chi connectivity index (χ2n) is 7.29. The predicted molar refractivity (Wildman–Crippen MR) is 96.5 cm³/mol. The fourth-order valence-corrected chi connectivity index (χ4v) is 3.86. The summed E-state index contributed by atoms with van der Waals surface area (Å²) in [7, 11) is 0. The van der Waals surface area contributed by atoms with Crippen LogP contribution < -0.4 is 0 Å². The molecule has 1 fully saturated rings. The van der Waals surface area contributed by atoms with Gasteiger partial charge in [0, 0.05) is 19.0 Å². The molecule has 25 heavy (non-hydrogen) atoms. The monoisotopic (exact) mass is 337 g/mol. The minimum Gasteiger partial charge on any atom is -0.448 e. The zero-order chi connectivity index (χ0) is 17.4. The van der Waals surface area contributed by atoms with Gasteiger partial charge in [0.25, 0.3) is 0 Å². The smallest absolute Gasteiger partial charge is 0.409 e. The lowest BCUT2D eigenvalue weighted by Crippen LogP contribution is -2.45. The molecule has 2 aromatic rings. The van der Waals surface area contributed by atoms with E-state index in [2.05, 4.69) is 24.3 Å². The van der Waals surface area contributed by atoms with Crippen molar-refractivity contribution in [1.29, 1.82) is 0 Å². The van der Waals surface area contributed by atoms with Crippen LogP contribution in [0.25, 0.3) is 11.1 Å². The summed E-state index contributed by atoms with van der Waals surface area (Å²) in [6, 6.07) is 16.6. The van der Waals surface area contributed by atoms with Crippen molar-refractivity contribution in [1.82, 2.24) is 4.90 Å². The molecule has 1 heterocycles. The molecular weight excluding hydrogens is 314 g/mol. The first-order chi connectivity index (χ1) is 12.1. The van der Waals surface area contributed by atoms with Gasteiger partial charge in [-0.2, -0.15) is 0 Å². The van der Waals surface area contributed by atoms with Crippen LogP contribution >= 0.6 is 0 Å². The van der Waals surface area contributed by atoms with E-state index in [-0.39, 0.29) is 12.0 Å². The maximum Gasteiger partial charge on any atom is 0.409 e. The number of likely N-dealkylation sites (tertiary alicyclic amines) is 1. The SMILES string of the molecule is CC1(O)CCN(C(=O)OCC2c3ccccc3-c3ccccc32)CC1. The van der Waals surface area contributed by atoms with Gasteiger partial charge in [0.1, 0.15) is 6.61 Å². The summed E-state index contributed by atoms with van der Waals surface area (Å²) in [4.78, 5) is 14.1. The Morgan fingerprint density at radius 2 is 1.60 bits per heavy atom. The number of carbonyl (C=O) groups excluding carboxylic acids is 1. The maximum atomic E-state index is 12.4. The normalized spacial score (nSPS) is 18.6. The molecule has 0 unspecified atom stereocenters. The molecule has 4 heteroatoms. The molecule has 4 nitrogen and oxygen atoms in total. The second kappa shape index (κ2) is 6.19. The Morgan fingerprint density at radius 3 is 2.16 bits per heavy atom. The van der Waals surface area contributed by atoms with Crippen LogP contribution in [0.5, 0.6) is 0 Å². The molecule has 0 radical (unpaired) electrons. The molecule has 1 saturated heterocycles. The Morgan fingerprint density at radius 1 is 1.08 bits per heavy atom. The van der Waals surface area contributed by atoms with Crippen molar-refractivity contribution in [2.45, 2.75) is 31.3 Å². The lowest BCUT2D eigenvalue weighted by atomic mass is 9.94. The number of hydrogen-bond donors (Lipinski definition) is 1. The van der Waals surface area contributed by atoms with Crippen molar-refractivity contribution in [3.8, 4) is 11.1 Å². The zero-order valence-corrected chi connectivity index (χ0v) is 14.4. The minimum absolute atomic E-state index is 0.0873. The lowest BCUT2D eigenvalue weighted by Gasteiger charge is -2.35. The van der Waals surface area contributed by atoms with Crippen LogP contribution in [0.1, 0.15) is 36.8 Å². The Hall–Kier alpha value is -2.33. The van der Waals surface area contributed by atoms with E-state index in [0.717, 1.165) is 0 Å². The summed E-state index contributed by atoms with van der Waals surface area (Å²) in [6.45, 7) is 3.26. The number of benzene rings is 2. The number of nitrogens with zero attached hydrogens (tertiary/aromatic N) is 1. The maximum absolute atomic E-state index is 12.4. The van der Waals surface area contributed by atoms with Gasteiger partial charge in [-0.3, -0.25) is 0 Å². The number of piperidine rings is 1. The van der Waals surface area contributed by atoms with Gasteiger partial charge < -0.3 is 14.7 Å².